The number of nitrogens with zero attached hydrogens (tertiary/aromatic N) is 1. The summed E-state index contributed by atoms with van der Waals surface area (Å²) in [5, 5.41) is 11.7. The molecule has 0 aromatic heterocycles. The third-order valence-electron chi connectivity index (χ3n) is 5.53. The van der Waals surface area contributed by atoms with Crippen LogP contribution >= 0.6 is 23.2 Å². The standard InChI is InChI=1S/C26H29Cl2NO6/c1-5-34-21-14-16(8-10-20(21)33-4)23-22(24(30)17-7-9-18(27)19(28)13-17)25(31)26(32)29(23)11-6-12-35-15(2)3/h7-10,13-15,23,30H,5-6,11-12H2,1-4H3/b24-22-. The largest absolute Gasteiger partial charge is 0.507 e. The van der Waals surface area contributed by atoms with Crippen LogP contribution in [-0.2, 0) is 14.3 Å². The lowest BCUT2D eigenvalue weighted by atomic mass is 9.95. The maximum absolute atomic E-state index is 13.2. The highest BCUT2D eigenvalue weighted by Crippen LogP contribution is 2.42. The highest BCUT2D eigenvalue weighted by molar-refractivity contribution is 6.46. The summed E-state index contributed by atoms with van der Waals surface area (Å²) in [5.74, 6) is -0.827. The number of aliphatic hydroxyl groups is 1. The van der Waals surface area contributed by atoms with Gasteiger partial charge in [0.05, 0.1) is 41.5 Å². The first kappa shape index (κ1) is 26.9. The summed E-state index contributed by atoms with van der Waals surface area (Å²) in [7, 11) is 1.53. The molecule has 188 valence electrons. The molecule has 1 N–H and O–H groups in total. The zero-order chi connectivity index (χ0) is 25.7. The van der Waals surface area contributed by atoms with Crippen LogP contribution in [0.2, 0.25) is 10.0 Å². The molecule has 0 aliphatic carbocycles. The number of amides is 1. The summed E-state index contributed by atoms with van der Waals surface area (Å²) < 4.78 is 16.7. The van der Waals surface area contributed by atoms with Gasteiger partial charge in [-0.05, 0) is 63.1 Å². The molecule has 1 aliphatic heterocycles. The van der Waals surface area contributed by atoms with E-state index in [2.05, 4.69) is 0 Å². The number of carbonyl (C=O) groups is 2. The van der Waals surface area contributed by atoms with Crippen LogP contribution in [-0.4, -0.2) is 54.7 Å². The number of likely N-dealkylation sites (tertiary alicyclic amines) is 1. The first-order chi connectivity index (χ1) is 16.7. The van der Waals surface area contributed by atoms with Crippen LogP contribution in [0.4, 0.5) is 0 Å². The summed E-state index contributed by atoms with van der Waals surface area (Å²) in [6, 6.07) is 8.86. The van der Waals surface area contributed by atoms with Crippen LogP contribution in [0.15, 0.2) is 42.0 Å². The Hall–Kier alpha value is -2.74. The highest BCUT2D eigenvalue weighted by atomic mass is 35.5. The zero-order valence-corrected chi connectivity index (χ0v) is 21.7. The predicted molar refractivity (Wildman–Crippen MR) is 135 cm³/mol. The van der Waals surface area contributed by atoms with Crippen molar-refractivity contribution in [2.24, 2.45) is 0 Å². The van der Waals surface area contributed by atoms with Crippen LogP contribution in [0.25, 0.3) is 5.76 Å². The van der Waals surface area contributed by atoms with Crippen LogP contribution in [0.1, 0.15) is 44.4 Å². The maximum atomic E-state index is 13.2. The Labute approximate surface area is 215 Å². The molecule has 35 heavy (non-hydrogen) atoms. The highest BCUT2D eigenvalue weighted by Gasteiger charge is 2.46. The number of ketones is 1. The topological polar surface area (TPSA) is 85.3 Å². The van der Waals surface area contributed by atoms with Crippen molar-refractivity contribution < 1.29 is 28.9 Å². The molecule has 1 saturated heterocycles. The zero-order valence-electron chi connectivity index (χ0n) is 20.1. The van der Waals surface area contributed by atoms with Gasteiger partial charge in [-0.3, -0.25) is 9.59 Å². The first-order valence-electron chi connectivity index (χ1n) is 11.4. The quantitative estimate of drug-likeness (QED) is 0.188. The fourth-order valence-corrected chi connectivity index (χ4v) is 4.24. The minimum absolute atomic E-state index is 0.0363. The Bertz CT molecular complexity index is 1130. The van der Waals surface area contributed by atoms with E-state index in [0.717, 1.165) is 0 Å². The minimum Gasteiger partial charge on any atom is -0.507 e. The number of benzene rings is 2. The van der Waals surface area contributed by atoms with Gasteiger partial charge in [-0.1, -0.05) is 29.3 Å². The maximum Gasteiger partial charge on any atom is 0.295 e. The van der Waals surface area contributed by atoms with Gasteiger partial charge in [0, 0.05) is 18.7 Å². The minimum atomic E-state index is -0.839. The Morgan fingerprint density at radius 3 is 2.46 bits per heavy atom. The molecule has 0 saturated carbocycles. The van der Waals surface area contributed by atoms with Gasteiger partial charge in [-0.2, -0.15) is 0 Å². The van der Waals surface area contributed by atoms with E-state index in [1.54, 1.807) is 24.3 Å². The van der Waals surface area contributed by atoms with Gasteiger partial charge >= 0.3 is 0 Å². The van der Waals surface area contributed by atoms with Crippen LogP contribution in [0.5, 0.6) is 11.5 Å². The number of ether oxygens (including phenoxy) is 3. The molecule has 0 radical (unpaired) electrons. The molecule has 1 amide bonds. The molecule has 2 aromatic rings. The molecule has 2 aromatic carbocycles. The Kier molecular flexibility index (Phi) is 9.05. The summed E-state index contributed by atoms with van der Waals surface area (Å²) in [4.78, 5) is 27.7. The summed E-state index contributed by atoms with van der Waals surface area (Å²) in [6.07, 6.45) is 0.564. The smallest absolute Gasteiger partial charge is 0.295 e. The van der Waals surface area contributed by atoms with Gasteiger partial charge in [0.15, 0.2) is 11.5 Å². The van der Waals surface area contributed by atoms with E-state index in [1.165, 1.54) is 24.1 Å². The van der Waals surface area contributed by atoms with Gasteiger partial charge in [0.2, 0.25) is 0 Å². The second-order valence-electron chi connectivity index (χ2n) is 8.24. The third kappa shape index (κ3) is 5.92. The average Bonchev–Trinajstić information content (AvgIpc) is 3.08. The molecule has 0 bridgehead atoms. The second-order valence-corrected chi connectivity index (χ2v) is 9.05. The number of hydrogen-bond acceptors (Lipinski definition) is 6. The van der Waals surface area contributed by atoms with Crippen molar-refractivity contribution in [3.05, 3.63) is 63.1 Å². The van der Waals surface area contributed by atoms with E-state index in [0.29, 0.717) is 41.7 Å². The van der Waals surface area contributed by atoms with Gasteiger partial charge in [-0.15, -0.1) is 0 Å². The van der Waals surface area contributed by atoms with E-state index < -0.39 is 17.7 Å². The lowest BCUT2D eigenvalue weighted by molar-refractivity contribution is -0.140. The number of aliphatic hydroxyl groups excluding tert-OH is 1. The number of methoxy groups -OCH3 is 1. The molecule has 9 heteroatoms. The van der Waals surface area contributed by atoms with Gasteiger partial charge < -0.3 is 24.2 Å². The van der Waals surface area contributed by atoms with E-state index in [-0.39, 0.29) is 34.6 Å². The predicted octanol–water partition coefficient (Wildman–Crippen LogP) is 5.64. The normalized spacial score (nSPS) is 17.3. The van der Waals surface area contributed by atoms with Crippen molar-refractivity contribution in [1.29, 1.82) is 0 Å². The fraction of sp³-hybridized carbons (Fsp3) is 0.385. The van der Waals surface area contributed by atoms with Crippen molar-refractivity contribution in [2.45, 2.75) is 39.3 Å². The number of rotatable bonds is 10. The molecule has 1 atom stereocenters. The molecule has 7 nitrogen and oxygen atoms in total. The number of hydrogen-bond donors (Lipinski definition) is 1. The molecule has 1 heterocycles. The summed E-state index contributed by atoms with van der Waals surface area (Å²) in [5.41, 5.74) is 0.842. The van der Waals surface area contributed by atoms with Crippen molar-refractivity contribution in [3.63, 3.8) is 0 Å². The van der Waals surface area contributed by atoms with Crippen molar-refractivity contribution in [2.75, 3.05) is 26.9 Å². The molecule has 3 rings (SSSR count). The first-order valence-corrected chi connectivity index (χ1v) is 12.1. The van der Waals surface area contributed by atoms with Gasteiger partial charge in [-0.25, -0.2) is 0 Å². The summed E-state index contributed by atoms with van der Waals surface area (Å²) >= 11 is 12.2. The van der Waals surface area contributed by atoms with Gasteiger partial charge in [0.1, 0.15) is 5.76 Å². The van der Waals surface area contributed by atoms with Crippen LogP contribution in [0.3, 0.4) is 0 Å². The number of carbonyl (C=O) groups excluding carboxylic acids is 2. The summed E-state index contributed by atoms with van der Waals surface area (Å²) in [6.45, 7) is 6.78. The van der Waals surface area contributed by atoms with E-state index in [1.807, 2.05) is 20.8 Å². The Morgan fingerprint density at radius 2 is 1.83 bits per heavy atom. The molecular formula is C26H29Cl2NO6. The molecule has 0 spiro atoms. The van der Waals surface area contributed by atoms with E-state index in [9.17, 15) is 14.7 Å². The molecule has 1 unspecified atom stereocenters. The van der Waals surface area contributed by atoms with Crippen molar-refractivity contribution in [3.8, 4) is 11.5 Å². The molecule has 1 aliphatic rings. The average molecular weight is 522 g/mol. The van der Waals surface area contributed by atoms with Crippen LogP contribution in [0, 0.1) is 0 Å². The van der Waals surface area contributed by atoms with E-state index >= 15 is 0 Å². The van der Waals surface area contributed by atoms with Crippen LogP contribution < -0.4 is 9.47 Å². The lowest BCUT2D eigenvalue weighted by Gasteiger charge is -2.26. The van der Waals surface area contributed by atoms with E-state index in [4.69, 9.17) is 37.4 Å². The monoisotopic (exact) mass is 521 g/mol. The lowest BCUT2D eigenvalue weighted by Crippen LogP contribution is -2.31. The number of halogens is 2. The third-order valence-corrected chi connectivity index (χ3v) is 6.27. The molecular weight excluding hydrogens is 493 g/mol. The van der Waals surface area contributed by atoms with Gasteiger partial charge in [0.25, 0.3) is 11.7 Å². The fourth-order valence-electron chi connectivity index (χ4n) is 3.94. The second kappa shape index (κ2) is 11.8. The molecule has 1 fully saturated rings. The SMILES string of the molecule is CCOc1cc(C2/C(=C(/O)c3ccc(Cl)c(Cl)c3)C(=O)C(=O)N2CCCOC(C)C)ccc1OC. The number of Topliss-reactive ketones (excluding diaryl/α,β-unsaturated/α-hetero) is 1. The van der Waals surface area contributed by atoms with Crippen molar-refractivity contribution >= 4 is 40.7 Å². The van der Waals surface area contributed by atoms with Crippen molar-refractivity contribution in [1.82, 2.24) is 4.90 Å². The Balaban J connectivity index is 2.12. The Morgan fingerprint density at radius 1 is 1.09 bits per heavy atom.